The molecule has 0 atom stereocenters. The Labute approximate surface area is 441 Å². The highest BCUT2D eigenvalue weighted by atomic mass is 16.5. The van der Waals surface area contributed by atoms with E-state index in [1.165, 1.54) is 99.8 Å². The van der Waals surface area contributed by atoms with Gasteiger partial charge in [0, 0.05) is 38.7 Å². The van der Waals surface area contributed by atoms with Crippen molar-refractivity contribution in [2.24, 2.45) is 0 Å². The number of nitrogens with zero attached hydrogens (tertiary/aromatic N) is 1. The van der Waals surface area contributed by atoms with E-state index in [1.807, 2.05) is 0 Å². The molecule has 17 rings (SSSR count). The number of fused-ring (bicyclic) bond motifs is 24. The standard InChI is InChI=1S/C74H45NO/c1-2-21-48(22-3-1)75(49-41-44-65-60(45-49)56-27-10-14-35-63(56)73(65)61-33-12-8-25-54(61)55-26-9-13-34-62(55)73)69-38-18-30-52-53(29-16-31-57(52)69)58-32-17-37-66-70(58)59-28-11-15-36-64(59)74(66)67-42-39-46-19-4-6-23-50(46)71(67)76-72-51-24-7-5-20-47(51)40-43-68(72)74/h1-45H. The fraction of sp³-hybridized carbons (Fsp3) is 0.0270. The summed E-state index contributed by atoms with van der Waals surface area (Å²) in [5.74, 6) is 1.85. The smallest absolute Gasteiger partial charge is 0.140 e. The summed E-state index contributed by atoms with van der Waals surface area (Å²) < 4.78 is 7.29. The molecule has 13 aromatic carbocycles. The first-order valence-electron chi connectivity index (χ1n) is 26.5. The van der Waals surface area contributed by atoms with E-state index in [9.17, 15) is 0 Å². The van der Waals surface area contributed by atoms with Crippen LogP contribution in [0.3, 0.4) is 0 Å². The molecule has 1 heterocycles. The Hall–Kier alpha value is -9.76. The zero-order valence-electron chi connectivity index (χ0n) is 41.3. The SMILES string of the molecule is c1ccc(N(c2ccc3c(c2)-c2ccccc2C32c3ccccc3-c3ccccc32)c2cccc3c(-c4cccc5c4-c4ccccc4C54c5ccc6ccccc6c5Oc5c4ccc4ccccc54)cccc23)cc1. The van der Waals surface area contributed by atoms with Crippen LogP contribution in [0.25, 0.3) is 76.8 Å². The lowest BCUT2D eigenvalue weighted by atomic mass is 9.65. The predicted octanol–water partition coefficient (Wildman–Crippen LogP) is 19.1. The van der Waals surface area contributed by atoms with Crippen LogP contribution in [0.1, 0.15) is 44.5 Å². The third kappa shape index (κ3) is 5.25. The van der Waals surface area contributed by atoms with Crippen molar-refractivity contribution in [2.45, 2.75) is 10.8 Å². The van der Waals surface area contributed by atoms with Gasteiger partial charge in [0.15, 0.2) is 0 Å². The molecular weight excluding hydrogens is 919 g/mol. The fourth-order valence-corrected chi connectivity index (χ4v) is 14.6. The highest BCUT2D eigenvalue weighted by Gasteiger charge is 2.53. The van der Waals surface area contributed by atoms with Crippen molar-refractivity contribution in [3.05, 3.63) is 317 Å². The molecule has 0 saturated carbocycles. The average Bonchev–Trinajstić information content (AvgIpc) is 4.26. The van der Waals surface area contributed by atoms with Gasteiger partial charge in [0.2, 0.25) is 0 Å². The maximum Gasteiger partial charge on any atom is 0.140 e. The summed E-state index contributed by atoms with van der Waals surface area (Å²) in [5, 5.41) is 6.93. The molecule has 4 aliphatic rings. The van der Waals surface area contributed by atoms with Crippen molar-refractivity contribution in [3.8, 4) is 56.0 Å². The third-order valence-electron chi connectivity index (χ3n) is 17.5. The van der Waals surface area contributed by atoms with Crippen LogP contribution in [-0.4, -0.2) is 0 Å². The van der Waals surface area contributed by atoms with Crippen LogP contribution in [0.4, 0.5) is 17.1 Å². The van der Waals surface area contributed by atoms with Crippen LogP contribution < -0.4 is 9.64 Å². The van der Waals surface area contributed by atoms with Crippen molar-refractivity contribution >= 4 is 49.4 Å². The van der Waals surface area contributed by atoms with E-state index in [2.05, 4.69) is 278 Å². The molecule has 76 heavy (non-hydrogen) atoms. The normalized spacial score (nSPS) is 14.1. The zero-order valence-corrected chi connectivity index (χ0v) is 41.3. The van der Waals surface area contributed by atoms with Crippen molar-refractivity contribution in [2.75, 3.05) is 4.90 Å². The molecule has 0 amide bonds. The van der Waals surface area contributed by atoms with Crippen molar-refractivity contribution in [1.29, 1.82) is 0 Å². The molecule has 0 N–H and O–H groups in total. The number of anilines is 3. The monoisotopic (exact) mass is 963 g/mol. The molecule has 0 bridgehead atoms. The fourth-order valence-electron chi connectivity index (χ4n) is 14.6. The Bertz CT molecular complexity index is 4510. The van der Waals surface area contributed by atoms with Crippen LogP contribution in [0, 0.1) is 0 Å². The van der Waals surface area contributed by atoms with Gasteiger partial charge in [-0.1, -0.05) is 243 Å². The molecule has 2 heteroatoms. The molecule has 13 aromatic rings. The lowest BCUT2D eigenvalue weighted by Crippen LogP contribution is -2.32. The Balaban J connectivity index is 0.887. The molecule has 0 aromatic heterocycles. The van der Waals surface area contributed by atoms with Gasteiger partial charge in [-0.15, -0.1) is 0 Å². The maximum atomic E-state index is 7.29. The lowest BCUT2D eigenvalue weighted by Gasteiger charge is -2.40. The molecular formula is C74H45NO. The second kappa shape index (κ2) is 15.4. The molecule has 0 fully saturated rings. The molecule has 0 radical (unpaired) electrons. The number of para-hydroxylation sites is 1. The van der Waals surface area contributed by atoms with E-state index in [0.717, 1.165) is 50.1 Å². The van der Waals surface area contributed by atoms with Crippen molar-refractivity contribution < 1.29 is 4.74 Å². The Morgan fingerprint density at radius 1 is 0.250 bits per heavy atom. The van der Waals surface area contributed by atoms with Crippen LogP contribution in [0.5, 0.6) is 11.5 Å². The van der Waals surface area contributed by atoms with Gasteiger partial charge < -0.3 is 9.64 Å². The highest BCUT2D eigenvalue weighted by molar-refractivity contribution is 6.10. The van der Waals surface area contributed by atoms with Gasteiger partial charge in [0.1, 0.15) is 11.5 Å². The summed E-state index contributed by atoms with van der Waals surface area (Å²) >= 11 is 0. The van der Waals surface area contributed by atoms with Gasteiger partial charge in [-0.05, 0) is 124 Å². The molecule has 0 unspecified atom stereocenters. The summed E-state index contributed by atoms with van der Waals surface area (Å²) in [4.78, 5) is 2.47. The highest BCUT2D eigenvalue weighted by Crippen LogP contribution is 2.66. The Kier molecular flexibility index (Phi) is 8.44. The van der Waals surface area contributed by atoms with Gasteiger partial charge in [0.05, 0.1) is 16.5 Å². The largest absolute Gasteiger partial charge is 0.455 e. The van der Waals surface area contributed by atoms with Crippen LogP contribution >= 0.6 is 0 Å². The Morgan fingerprint density at radius 2 is 0.684 bits per heavy atom. The number of ether oxygens (including phenoxy) is 1. The van der Waals surface area contributed by atoms with Gasteiger partial charge in [-0.2, -0.15) is 0 Å². The molecule has 2 spiro atoms. The Morgan fingerprint density at radius 3 is 1.34 bits per heavy atom. The minimum absolute atomic E-state index is 0.410. The molecule has 3 aliphatic carbocycles. The number of benzene rings is 13. The molecule has 2 nitrogen and oxygen atoms in total. The summed E-state index contributed by atoms with van der Waals surface area (Å²) in [6.45, 7) is 0. The van der Waals surface area contributed by atoms with Gasteiger partial charge in [-0.25, -0.2) is 0 Å². The first-order chi connectivity index (χ1) is 37.7. The van der Waals surface area contributed by atoms with Gasteiger partial charge in [-0.3, -0.25) is 0 Å². The van der Waals surface area contributed by atoms with Gasteiger partial charge >= 0.3 is 0 Å². The number of rotatable bonds is 4. The van der Waals surface area contributed by atoms with E-state index in [0.29, 0.717) is 0 Å². The molecule has 352 valence electrons. The number of hydrogen-bond donors (Lipinski definition) is 0. The van der Waals surface area contributed by atoms with Crippen LogP contribution in [0.15, 0.2) is 273 Å². The van der Waals surface area contributed by atoms with E-state index < -0.39 is 10.8 Å². The van der Waals surface area contributed by atoms with E-state index >= 15 is 0 Å². The average molecular weight is 964 g/mol. The minimum atomic E-state index is -0.647. The summed E-state index contributed by atoms with van der Waals surface area (Å²) in [7, 11) is 0. The molecule has 1 aliphatic heterocycles. The van der Waals surface area contributed by atoms with Crippen LogP contribution in [0.2, 0.25) is 0 Å². The summed E-state index contributed by atoms with van der Waals surface area (Å²) in [6.07, 6.45) is 0. The number of hydrogen-bond acceptors (Lipinski definition) is 2. The summed E-state index contributed by atoms with van der Waals surface area (Å²) in [6, 6.07) is 102. The van der Waals surface area contributed by atoms with E-state index in [4.69, 9.17) is 4.74 Å². The zero-order chi connectivity index (χ0) is 49.7. The predicted molar refractivity (Wildman–Crippen MR) is 313 cm³/mol. The quantitative estimate of drug-likeness (QED) is 0.174. The van der Waals surface area contributed by atoms with E-state index in [1.54, 1.807) is 0 Å². The third-order valence-corrected chi connectivity index (χ3v) is 17.5. The molecule has 0 saturated heterocycles. The first-order valence-corrected chi connectivity index (χ1v) is 26.5. The van der Waals surface area contributed by atoms with Gasteiger partial charge in [0.25, 0.3) is 0 Å². The minimum Gasteiger partial charge on any atom is -0.455 e. The lowest BCUT2D eigenvalue weighted by molar-refractivity contribution is 0.447. The second-order valence-electron chi connectivity index (χ2n) is 20.9. The topological polar surface area (TPSA) is 12.5 Å². The second-order valence-corrected chi connectivity index (χ2v) is 20.9. The van der Waals surface area contributed by atoms with Crippen LogP contribution in [-0.2, 0) is 10.8 Å². The van der Waals surface area contributed by atoms with E-state index in [-0.39, 0.29) is 0 Å². The van der Waals surface area contributed by atoms with Crippen molar-refractivity contribution in [3.63, 3.8) is 0 Å². The first kappa shape index (κ1) is 41.7. The summed E-state index contributed by atoms with van der Waals surface area (Å²) in [5.41, 5.74) is 22.6. The maximum absolute atomic E-state index is 7.29. The van der Waals surface area contributed by atoms with Crippen molar-refractivity contribution in [1.82, 2.24) is 0 Å².